The number of ether oxygens (including phenoxy) is 2. The van der Waals surface area contributed by atoms with Gasteiger partial charge < -0.3 is 14.8 Å². The number of hydrogen-bond donors (Lipinski definition) is 1. The van der Waals surface area contributed by atoms with E-state index in [4.69, 9.17) is 9.47 Å². The molecule has 0 aliphatic carbocycles. The first-order valence-electron chi connectivity index (χ1n) is 7.32. The molecule has 7 heteroatoms. The monoisotopic (exact) mass is 345 g/mol. The maximum atomic E-state index is 13.6. The molecule has 0 saturated carbocycles. The Bertz CT molecular complexity index is 802. The van der Waals surface area contributed by atoms with Gasteiger partial charge in [-0.25, -0.2) is 9.18 Å². The first-order chi connectivity index (χ1) is 11.9. The van der Waals surface area contributed by atoms with Gasteiger partial charge in [-0.3, -0.25) is 9.59 Å². The third-order valence-corrected chi connectivity index (χ3v) is 3.30. The second-order valence-corrected chi connectivity index (χ2v) is 5.11. The van der Waals surface area contributed by atoms with Crippen molar-refractivity contribution in [1.29, 1.82) is 0 Å². The molecule has 0 saturated heterocycles. The van der Waals surface area contributed by atoms with Gasteiger partial charge in [-0.15, -0.1) is 0 Å². The van der Waals surface area contributed by atoms with Crippen LogP contribution in [0.3, 0.4) is 0 Å². The minimum atomic E-state index is -0.830. The number of carbonyl (C=O) groups is 3. The summed E-state index contributed by atoms with van der Waals surface area (Å²) in [6, 6.07) is 9.88. The molecule has 0 aromatic heterocycles. The van der Waals surface area contributed by atoms with Gasteiger partial charge in [0.15, 0.2) is 24.0 Å². The summed E-state index contributed by atoms with van der Waals surface area (Å²) in [7, 11) is 1.31. The first kappa shape index (κ1) is 18.1. The maximum absolute atomic E-state index is 13.6. The minimum Gasteiger partial charge on any atom is -0.494 e. The quantitative estimate of drug-likeness (QED) is 0.643. The lowest BCUT2D eigenvalue weighted by Crippen LogP contribution is -2.21. The Morgan fingerprint density at radius 3 is 2.24 bits per heavy atom. The van der Waals surface area contributed by atoms with Crippen molar-refractivity contribution in [3.63, 3.8) is 0 Å². The topological polar surface area (TPSA) is 81.7 Å². The molecule has 2 rings (SSSR count). The second-order valence-electron chi connectivity index (χ2n) is 5.11. The highest BCUT2D eigenvalue weighted by Gasteiger charge is 2.13. The Morgan fingerprint density at radius 1 is 1.04 bits per heavy atom. The van der Waals surface area contributed by atoms with Crippen molar-refractivity contribution in [3.8, 4) is 5.75 Å². The van der Waals surface area contributed by atoms with Crippen LogP contribution in [0.2, 0.25) is 0 Å². The second kappa shape index (κ2) is 8.05. The fraction of sp³-hybridized carbons (Fsp3) is 0.167. The lowest BCUT2D eigenvalue weighted by molar-refractivity contribution is -0.119. The molecule has 0 heterocycles. The smallest absolute Gasteiger partial charge is 0.338 e. The number of amides is 1. The van der Waals surface area contributed by atoms with Gasteiger partial charge in [0.25, 0.3) is 5.91 Å². The number of esters is 1. The zero-order valence-electron chi connectivity index (χ0n) is 13.7. The summed E-state index contributed by atoms with van der Waals surface area (Å²) < 4.78 is 23.1. The van der Waals surface area contributed by atoms with E-state index in [2.05, 4.69) is 5.32 Å². The largest absolute Gasteiger partial charge is 0.494 e. The minimum absolute atomic E-state index is 0.00306. The van der Waals surface area contributed by atoms with Gasteiger partial charge in [-0.1, -0.05) is 0 Å². The predicted octanol–water partition coefficient (Wildman–Crippen LogP) is 2.83. The van der Waals surface area contributed by atoms with Crippen molar-refractivity contribution in [2.75, 3.05) is 19.0 Å². The molecule has 0 spiro atoms. The average molecular weight is 345 g/mol. The zero-order valence-corrected chi connectivity index (χ0v) is 13.7. The van der Waals surface area contributed by atoms with Crippen LogP contribution in [0.25, 0.3) is 0 Å². The van der Waals surface area contributed by atoms with Crippen molar-refractivity contribution in [1.82, 2.24) is 0 Å². The number of benzene rings is 2. The van der Waals surface area contributed by atoms with Crippen LogP contribution in [0, 0.1) is 5.82 Å². The molecule has 0 atom stereocenters. The van der Waals surface area contributed by atoms with E-state index in [1.165, 1.54) is 26.2 Å². The van der Waals surface area contributed by atoms with E-state index in [1.807, 2.05) is 0 Å². The van der Waals surface area contributed by atoms with E-state index in [1.54, 1.807) is 24.3 Å². The Labute approximate surface area is 143 Å². The molecule has 1 N–H and O–H groups in total. The molecule has 1 amide bonds. The average Bonchev–Trinajstić information content (AvgIpc) is 2.60. The Morgan fingerprint density at radius 2 is 1.68 bits per heavy atom. The van der Waals surface area contributed by atoms with Crippen molar-refractivity contribution in [3.05, 3.63) is 59.4 Å². The Hall–Kier alpha value is -3.22. The summed E-state index contributed by atoms with van der Waals surface area (Å²) in [6.45, 7) is 0.913. The molecule has 6 nitrogen and oxygen atoms in total. The van der Waals surface area contributed by atoms with Crippen LogP contribution in [0.1, 0.15) is 27.6 Å². The summed E-state index contributed by atoms with van der Waals surface area (Å²) >= 11 is 0. The van der Waals surface area contributed by atoms with Crippen molar-refractivity contribution < 1.29 is 28.2 Å². The molecular weight excluding hydrogens is 329 g/mol. The lowest BCUT2D eigenvalue weighted by Gasteiger charge is -2.08. The van der Waals surface area contributed by atoms with Crippen LogP contribution in [0.5, 0.6) is 5.75 Å². The van der Waals surface area contributed by atoms with Gasteiger partial charge in [0, 0.05) is 11.3 Å². The van der Waals surface area contributed by atoms with Crippen LogP contribution in [-0.2, 0) is 9.53 Å². The van der Waals surface area contributed by atoms with Crippen LogP contribution >= 0.6 is 0 Å². The number of Topliss-reactive ketones (excluding diaryl/α,β-unsaturated/α-hetero) is 1. The Kier molecular flexibility index (Phi) is 5.84. The molecule has 0 unspecified atom stereocenters. The molecule has 0 radical (unpaired) electrons. The first-order valence-corrected chi connectivity index (χ1v) is 7.32. The number of ketones is 1. The molecule has 2 aromatic carbocycles. The highest BCUT2D eigenvalue weighted by molar-refractivity contribution is 5.97. The number of carbonyl (C=O) groups excluding carboxylic acids is 3. The third kappa shape index (κ3) is 4.87. The van der Waals surface area contributed by atoms with Crippen LogP contribution < -0.4 is 10.1 Å². The predicted molar refractivity (Wildman–Crippen MR) is 88.3 cm³/mol. The third-order valence-electron chi connectivity index (χ3n) is 3.30. The van der Waals surface area contributed by atoms with Crippen LogP contribution in [0.15, 0.2) is 42.5 Å². The molecular formula is C18H16FNO5. The summed E-state index contributed by atoms with van der Waals surface area (Å²) in [5.41, 5.74) is 0.949. The van der Waals surface area contributed by atoms with Crippen LogP contribution in [0.4, 0.5) is 10.1 Å². The number of nitrogens with one attached hydrogen (secondary N) is 1. The van der Waals surface area contributed by atoms with E-state index >= 15 is 0 Å². The summed E-state index contributed by atoms with van der Waals surface area (Å²) in [5, 5.41) is 2.52. The fourth-order valence-electron chi connectivity index (χ4n) is 1.99. The fourth-order valence-corrected chi connectivity index (χ4v) is 1.99. The van der Waals surface area contributed by atoms with Gasteiger partial charge in [0.1, 0.15) is 0 Å². The molecule has 0 bridgehead atoms. The highest BCUT2D eigenvalue weighted by atomic mass is 19.1. The maximum Gasteiger partial charge on any atom is 0.338 e. The SMILES string of the molecule is COc1ccc(C(=O)OCC(=O)Nc2ccc(C(C)=O)cc2)cc1F. The van der Waals surface area contributed by atoms with Gasteiger partial charge in [-0.05, 0) is 49.4 Å². The lowest BCUT2D eigenvalue weighted by atomic mass is 10.1. The van der Waals surface area contributed by atoms with Crippen molar-refractivity contribution in [2.45, 2.75) is 6.92 Å². The van der Waals surface area contributed by atoms with E-state index in [0.29, 0.717) is 11.3 Å². The molecule has 0 aliphatic heterocycles. The highest BCUT2D eigenvalue weighted by Crippen LogP contribution is 2.18. The van der Waals surface area contributed by atoms with Gasteiger partial charge in [0.2, 0.25) is 0 Å². The molecule has 0 fully saturated rings. The van der Waals surface area contributed by atoms with Crippen LogP contribution in [-0.4, -0.2) is 31.4 Å². The Balaban J connectivity index is 1.89. The van der Waals surface area contributed by atoms with Crippen molar-refractivity contribution >= 4 is 23.3 Å². The summed E-state index contributed by atoms with van der Waals surface area (Å²) in [6.07, 6.45) is 0. The molecule has 0 aliphatic rings. The van der Waals surface area contributed by atoms with E-state index in [9.17, 15) is 18.8 Å². The number of anilines is 1. The number of hydrogen-bond acceptors (Lipinski definition) is 5. The summed E-state index contributed by atoms with van der Waals surface area (Å²) in [4.78, 5) is 34.8. The van der Waals surface area contributed by atoms with E-state index in [-0.39, 0.29) is 17.1 Å². The number of halogens is 1. The zero-order chi connectivity index (χ0) is 18.4. The molecule has 2 aromatic rings. The normalized spacial score (nSPS) is 10.0. The van der Waals surface area contributed by atoms with E-state index < -0.39 is 24.3 Å². The summed E-state index contributed by atoms with van der Waals surface area (Å²) in [5.74, 6) is -2.17. The van der Waals surface area contributed by atoms with Gasteiger partial charge in [0.05, 0.1) is 12.7 Å². The number of methoxy groups -OCH3 is 1. The van der Waals surface area contributed by atoms with Gasteiger partial charge >= 0.3 is 5.97 Å². The van der Waals surface area contributed by atoms with Gasteiger partial charge in [-0.2, -0.15) is 0 Å². The molecule has 130 valence electrons. The number of rotatable bonds is 6. The van der Waals surface area contributed by atoms with Crippen molar-refractivity contribution in [2.24, 2.45) is 0 Å². The molecule has 25 heavy (non-hydrogen) atoms. The van der Waals surface area contributed by atoms with E-state index in [0.717, 1.165) is 6.07 Å². The standard InChI is InChI=1S/C18H16FNO5/c1-11(21)12-3-6-14(7-4-12)20-17(22)10-25-18(23)13-5-8-16(24-2)15(19)9-13/h3-9H,10H2,1-2H3,(H,20,22).